The molecule has 0 radical (unpaired) electrons. The van der Waals surface area contributed by atoms with E-state index < -0.39 is 0 Å². The standard InChI is InChI=1S/C6H16N2Si/c1-5(9)6(2,7-3)8-4/h7-8H,1H2,2-4,9H3. The molecule has 2 N–H and O–H groups in total. The third-order valence-electron chi connectivity index (χ3n) is 1.85. The Morgan fingerprint density at radius 2 is 1.78 bits per heavy atom. The summed E-state index contributed by atoms with van der Waals surface area (Å²) in [5.41, 5.74) is -0.0494. The molecule has 0 amide bonds. The minimum Gasteiger partial charge on any atom is -0.299 e. The van der Waals surface area contributed by atoms with E-state index in [2.05, 4.69) is 24.1 Å². The first kappa shape index (κ1) is 8.88. The molecule has 0 bridgehead atoms. The van der Waals surface area contributed by atoms with Crippen molar-refractivity contribution in [2.75, 3.05) is 14.1 Å². The average molecular weight is 144 g/mol. The van der Waals surface area contributed by atoms with E-state index in [-0.39, 0.29) is 5.66 Å². The minimum atomic E-state index is -0.0494. The summed E-state index contributed by atoms with van der Waals surface area (Å²) >= 11 is 0. The number of rotatable bonds is 3. The summed E-state index contributed by atoms with van der Waals surface area (Å²) in [7, 11) is 4.89. The lowest BCUT2D eigenvalue weighted by Crippen LogP contribution is -2.52. The van der Waals surface area contributed by atoms with Gasteiger partial charge in [0, 0.05) is 10.2 Å². The lowest BCUT2D eigenvalue weighted by molar-refractivity contribution is 0.405. The zero-order valence-corrected chi connectivity index (χ0v) is 8.71. The van der Waals surface area contributed by atoms with E-state index in [9.17, 15) is 0 Å². The van der Waals surface area contributed by atoms with Gasteiger partial charge in [-0.15, -0.1) is 6.58 Å². The predicted molar refractivity (Wildman–Crippen MR) is 45.6 cm³/mol. The van der Waals surface area contributed by atoms with Crippen LogP contribution in [-0.2, 0) is 0 Å². The van der Waals surface area contributed by atoms with Crippen molar-refractivity contribution < 1.29 is 0 Å². The summed E-state index contributed by atoms with van der Waals surface area (Å²) in [6, 6.07) is 0. The van der Waals surface area contributed by atoms with Gasteiger partial charge in [0.1, 0.15) is 0 Å². The Bertz CT molecular complexity index is 108. The quantitative estimate of drug-likeness (QED) is 0.393. The van der Waals surface area contributed by atoms with Gasteiger partial charge in [-0.2, -0.15) is 0 Å². The highest BCUT2D eigenvalue weighted by Crippen LogP contribution is 2.04. The molecule has 0 aliphatic heterocycles. The van der Waals surface area contributed by atoms with Crippen LogP contribution in [0.5, 0.6) is 0 Å². The SMILES string of the molecule is C=C([SiH3])C(C)(NC)NC. The third-order valence-corrected chi connectivity index (χ3v) is 2.85. The van der Waals surface area contributed by atoms with Crippen LogP contribution in [0.2, 0.25) is 0 Å². The molecule has 54 valence electrons. The van der Waals surface area contributed by atoms with Gasteiger partial charge in [-0.1, -0.05) is 5.20 Å². The second-order valence-corrected chi connectivity index (χ2v) is 3.61. The molecule has 2 nitrogen and oxygen atoms in total. The van der Waals surface area contributed by atoms with Crippen LogP contribution in [0.4, 0.5) is 0 Å². The zero-order chi connectivity index (χ0) is 7.49. The van der Waals surface area contributed by atoms with Crippen molar-refractivity contribution in [2.45, 2.75) is 12.6 Å². The van der Waals surface area contributed by atoms with Crippen molar-refractivity contribution in [1.82, 2.24) is 10.6 Å². The van der Waals surface area contributed by atoms with Crippen LogP contribution in [0.3, 0.4) is 0 Å². The van der Waals surface area contributed by atoms with Gasteiger partial charge in [0.15, 0.2) is 0 Å². The first-order valence-electron chi connectivity index (χ1n) is 3.10. The molecule has 0 saturated heterocycles. The van der Waals surface area contributed by atoms with Crippen molar-refractivity contribution in [3.05, 3.63) is 11.8 Å². The first-order valence-corrected chi connectivity index (χ1v) is 4.10. The monoisotopic (exact) mass is 144 g/mol. The Labute approximate surface area is 60.1 Å². The van der Waals surface area contributed by atoms with Gasteiger partial charge in [0.2, 0.25) is 0 Å². The topological polar surface area (TPSA) is 24.1 Å². The van der Waals surface area contributed by atoms with E-state index in [0.29, 0.717) is 0 Å². The fourth-order valence-corrected chi connectivity index (χ4v) is 1.05. The van der Waals surface area contributed by atoms with E-state index in [0.717, 1.165) is 10.2 Å². The van der Waals surface area contributed by atoms with Crippen LogP contribution in [0.1, 0.15) is 6.92 Å². The first-order chi connectivity index (χ1) is 4.06. The highest BCUT2D eigenvalue weighted by molar-refractivity contribution is 6.22. The molecule has 0 unspecified atom stereocenters. The fourth-order valence-electron chi connectivity index (χ4n) is 0.552. The van der Waals surface area contributed by atoms with Crippen LogP contribution in [-0.4, -0.2) is 30.0 Å². The average Bonchev–Trinajstić information content (AvgIpc) is 1.86. The van der Waals surface area contributed by atoms with Gasteiger partial charge < -0.3 is 0 Å². The second kappa shape index (κ2) is 3.15. The van der Waals surface area contributed by atoms with Gasteiger partial charge >= 0.3 is 0 Å². The smallest absolute Gasteiger partial charge is 0.0826 e. The predicted octanol–water partition coefficient (Wildman–Crippen LogP) is -0.979. The molecule has 0 atom stereocenters. The van der Waals surface area contributed by atoms with Gasteiger partial charge in [0.25, 0.3) is 0 Å². The third kappa shape index (κ3) is 1.93. The Hall–Kier alpha value is -0.123. The van der Waals surface area contributed by atoms with E-state index >= 15 is 0 Å². The van der Waals surface area contributed by atoms with Gasteiger partial charge in [0.05, 0.1) is 5.66 Å². The van der Waals surface area contributed by atoms with Crippen molar-refractivity contribution >= 4 is 10.2 Å². The summed E-state index contributed by atoms with van der Waals surface area (Å²) in [5.74, 6) is 0. The molecule has 0 aliphatic carbocycles. The number of likely N-dealkylation sites (N-methyl/N-ethyl adjacent to an activating group) is 2. The number of hydrogen-bond donors (Lipinski definition) is 2. The molecule has 9 heavy (non-hydrogen) atoms. The molecule has 0 aromatic rings. The van der Waals surface area contributed by atoms with Crippen molar-refractivity contribution in [3.8, 4) is 0 Å². The molecule has 0 saturated carbocycles. The molecule has 0 aliphatic rings. The van der Waals surface area contributed by atoms with Crippen molar-refractivity contribution in [2.24, 2.45) is 0 Å². The Morgan fingerprint density at radius 3 is 1.78 bits per heavy atom. The van der Waals surface area contributed by atoms with Crippen LogP contribution in [0.25, 0.3) is 0 Å². The molecule has 0 rings (SSSR count). The maximum Gasteiger partial charge on any atom is 0.0826 e. The van der Waals surface area contributed by atoms with E-state index in [1.54, 1.807) is 0 Å². The lowest BCUT2D eigenvalue weighted by Gasteiger charge is -2.29. The summed E-state index contributed by atoms with van der Waals surface area (Å²) < 4.78 is 0. The molecule has 0 spiro atoms. The number of hydrogen-bond acceptors (Lipinski definition) is 2. The summed E-state index contributed by atoms with van der Waals surface area (Å²) in [5, 5.41) is 7.53. The fraction of sp³-hybridized carbons (Fsp3) is 0.667. The molecular weight excluding hydrogens is 128 g/mol. The summed E-state index contributed by atoms with van der Waals surface area (Å²) in [6.07, 6.45) is 0. The Kier molecular flexibility index (Phi) is 3.11. The Balaban J connectivity index is 4.09. The summed E-state index contributed by atoms with van der Waals surface area (Å²) in [6.45, 7) is 5.99. The largest absolute Gasteiger partial charge is 0.299 e. The normalized spacial score (nSPS) is 11.9. The van der Waals surface area contributed by atoms with Crippen molar-refractivity contribution in [3.63, 3.8) is 0 Å². The van der Waals surface area contributed by atoms with E-state index in [1.165, 1.54) is 5.20 Å². The Morgan fingerprint density at radius 1 is 1.44 bits per heavy atom. The molecular formula is C6H16N2Si. The lowest BCUT2D eigenvalue weighted by atomic mass is 10.2. The van der Waals surface area contributed by atoms with Crippen LogP contribution < -0.4 is 10.6 Å². The maximum atomic E-state index is 3.91. The summed E-state index contributed by atoms with van der Waals surface area (Å²) in [4.78, 5) is 0. The minimum absolute atomic E-state index is 0.0494. The zero-order valence-electron chi connectivity index (χ0n) is 6.71. The molecule has 0 aromatic carbocycles. The van der Waals surface area contributed by atoms with Gasteiger partial charge in [-0.25, -0.2) is 0 Å². The van der Waals surface area contributed by atoms with Gasteiger partial charge in [-0.3, -0.25) is 10.6 Å². The highest BCUT2D eigenvalue weighted by atomic mass is 28.1. The van der Waals surface area contributed by atoms with Crippen LogP contribution in [0.15, 0.2) is 11.8 Å². The molecule has 0 fully saturated rings. The molecule has 3 heteroatoms. The molecule has 0 heterocycles. The van der Waals surface area contributed by atoms with E-state index in [4.69, 9.17) is 0 Å². The van der Waals surface area contributed by atoms with Gasteiger partial charge in [-0.05, 0) is 21.0 Å². The van der Waals surface area contributed by atoms with E-state index in [1.807, 2.05) is 14.1 Å². The van der Waals surface area contributed by atoms with Crippen molar-refractivity contribution in [1.29, 1.82) is 0 Å². The van der Waals surface area contributed by atoms with Crippen LogP contribution >= 0.6 is 0 Å². The second-order valence-electron chi connectivity index (χ2n) is 2.41. The maximum absolute atomic E-state index is 3.91. The van der Waals surface area contributed by atoms with Crippen LogP contribution in [0, 0.1) is 0 Å². The molecule has 0 aromatic heterocycles. The number of nitrogens with one attached hydrogen (secondary N) is 2. The highest BCUT2D eigenvalue weighted by Gasteiger charge is 2.18.